The summed E-state index contributed by atoms with van der Waals surface area (Å²) in [5.74, 6) is -2.02. The van der Waals surface area contributed by atoms with E-state index in [2.05, 4.69) is 5.32 Å². The summed E-state index contributed by atoms with van der Waals surface area (Å²) in [6, 6.07) is 6.34. The zero-order valence-electron chi connectivity index (χ0n) is 15.8. The number of nitrogens with two attached hydrogens (primary N) is 1. The first-order chi connectivity index (χ1) is 12.2. The van der Waals surface area contributed by atoms with Crippen LogP contribution in [0.4, 0.5) is 5.69 Å². The smallest absolute Gasteiger partial charge is 0.326 e. The molecule has 0 spiro atoms. The van der Waals surface area contributed by atoms with Crippen LogP contribution < -0.4 is 16.0 Å². The molecule has 1 aromatic rings. The van der Waals surface area contributed by atoms with Crippen molar-refractivity contribution in [3.8, 4) is 0 Å². The third-order valence-corrected chi connectivity index (χ3v) is 4.19. The number of carboxylic acid groups (broad SMARTS) is 1. The topological polar surface area (TPSA) is 113 Å². The fraction of sp³-hybridized carbons (Fsp3) is 0.526. The summed E-state index contributed by atoms with van der Waals surface area (Å²) in [6.07, 6.45) is 0.800. The van der Waals surface area contributed by atoms with Crippen molar-refractivity contribution >= 4 is 23.5 Å². The van der Waals surface area contributed by atoms with Crippen molar-refractivity contribution in [3.05, 3.63) is 30.3 Å². The molecule has 0 bridgehead atoms. The number of carbonyl (C=O) groups is 3. The Bertz CT molecular complexity index is 618. The third kappa shape index (κ3) is 5.84. The Morgan fingerprint density at radius 1 is 1.12 bits per heavy atom. The lowest BCUT2D eigenvalue weighted by molar-refractivity contribution is -0.138. The minimum Gasteiger partial charge on any atom is -0.480 e. The normalized spacial score (nSPS) is 14.4. The Morgan fingerprint density at radius 3 is 2.15 bits per heavy atom. The molecular weight excluding hydrogens is 334 g/mol. The number of hydrogen-bond acceptors (Lipinski definition) is 5. The number of amides is 2. The average molecular weight is 363 g/mol. The summed E-state index contributed by atoms with van der Waals surface area (Å²) < 4.78 is 0. The number of nitrogens with one attached hydrogen (secondary N) is 1. The van der Waals surface area contributed by atoms with E-state index in [9.17, 15) is 19.5 Å². The molecule has 144 valence electrons. The third-order valence-electron chi connectivity index (χ3n) is 4.19. The van der Waals surface area contributed by atoms with E-state index in [0.717, 1.165) is 0 Å². The van der Waals surface area contributed by atoms with Crippen LogP contribution in [0.3, 0.4) is 0 Å². The number of hydrogen-bond donors (Lipinski definition) is 3. The van der Waals surface area contributed by atoms with E-state index >= 15 is 0 Å². The quantitative estimate of drug-likeness (QED) is 0.616. The minimum atomic E-state index is -1.05. The summed E-state index contributed by atoms with van der Waals surface area (Å²) in [4.78, 5) is 38.1. The first-order valence-electron chi connectivity index (χ1n) is 8.85. The fourth-order valence-corrected chi connectivity index (χ4v) is 2.67. The number of nitrogens with zero attached hydrogens (tertiary/aromatic N) is 1. The predicted octanol–water partition coefficient (Wildman–Crippen LogP) is 1.76. The van der Waals surface area contributed by atoms with Crippen LogP contribution in [0.5, 0.6) is 0 Å². The van der Waals surface area contributed by atoms with Crippen LogP contribution in [0.25, 0.3) is 0 Å². The first-order valence-corrected chi connectivity index (χ1v) is 8.85. The van der Waals surface area contributed by atoms with Crippen LogP contribution in [0.1, 0.15) is 40.5 Å². The van der Waals surface area contributed by atoms with E-state index in [4.69, 9.17) is 5.73 Å². The molecule has 0 fully saturated rings. The molecule has 0 saturated heterocycles. The molecule has 3 atom stereocenters. The molecule has 7 heteroatoms. The lowest BCUT2D eigenvalue weighted by atomic mass is 9.99. The molecule has 1 aromatic carbocycles. The second-order valence-corrected chi connectivity index (χ2v) is 6.77. The average Bonchev–Trinajstić information content (AvgIpc) is 2.60. The van der Waals surface area contributed by atoms with E-state index in [1.807, 2.05) is 19.9 Å². The molecule has 0 aliphatic heterocycles. The van der Waals surface area contributed by atoms with Crippen molar-refractivity contribution in [1.82, 2.24) is 5.32 Å². The van der Waals surface area contributed by atoms with Gasteiger partial charge in [0.2, 0.25) is 11.8 Å². The maximum atomic E-state index is 12.8. The van der Waals surface area contributed by atoms with Gasteiger partial charge in [0.15, 0.2) is 0 Å². The molecule has 0 aliphatic rings. The van der Waals surface area contributed by atoms with E-state index < -0.39 is 35.9 Å². The van der Waals surface area contributed by atoms with Crippen molar-refractivity contribution in [2.75, 3.05) is 4.90 Å². The standard InChI is InChI=1S/C19H29N3O4/c1-5-15(20)17(23)21-18(24)16(11-12(2)3)22(13(4)19(25)26)14-9-7-6-8-10-14/h6-10,12-13,15-16H,5,11,20H2,1-4H3,(H,25,26)(H,21,23,24)/t13-,15+,16-/m0/s1. The Hall–Kier alpha value is -2.41. The summed E-state index contributed by atoms with van der Waals surface area (Å²) >= 11 is 0. The summed E-state index contributed by atoms with van der Waals surface area (Å²) in [6.45, 7) is 7.15. The number of carboxylic acids is 1. The van der Waals surface area contributed by atoms with E-state index in [0.29, 0.717) is 18.5 Å². The van der Waals surface area contributed by atoms with Gasteiger partial charge in [0.25, 0.3) is 0 Å². The second-order valence-electron chi connectivity index (χ2n) is 6.77. The van der Waals surface area contributed by atoms with Gasteiger partial charge in [-0.1, -0.05) is 39.0 Å². The summed E-state index contributed by atoms with van der Waals surface area (Å²) in [5.41, 5.74) is 6.30. The van der Waals surface area contributed by atoms with Gasteiger partial charge >= 0.3 is 5.97 Å². The molecule has 26 heavy (non-hydrogen) atoms. The molecule has 0 unspecified atom stereocenters. The predicted molar refractivity (Wildman–Crippen MR) is 101 cm³/mol. The highest BCUT2D eigenvalue weighted by molar-refractivity contribution is 6.01. The Labute approximate surface area is 154 Å². The van der Waals surface area contributed by atoms with Gasteiger partial charge in [-0.2, -0.15) is 0 Å². The van der Waals surface area contributed by atoms with Crippen LogP contribution in [-0.4, -0.2) is 41.0 Å². The highest BCUT2D eigenvalue weighted by Crippen LogP contribution is 2.24. The number of anilines is 1. The van der Waals surface area contributed by atoms with Crippen molar-refractivity contribution in [1.29, 1.82) is 0 Å². The highest BCUT2D eigenvalue weighted by atomic mass is 16.4. The summed E-state index contributed by atoms with van der Waals surface area (Å²) in [7, 11) is 0. The van der Waals surface area contributed by atoms with Crippen LogP contribution in [0, 0.1) is 5.92 Å². The van der Waals surface area contributed by atoms with Crippen molar-refractivity contribution < 1.29 is 19.5 Å². The van der Waals surface area contributed by atoms with Gasteiger partial charge in [0.05, 0.1) is 6.04 Å². The molecule has 0 aliphatic carbocycles. The molecule has 0 saturated carbocycles. The zero-order chi connectivity index (χ0) is 19.9. The van der Waals surface area contributed by atoms with Crippen LogP contribution in [-0.2, 0) is 14.4 Å². The number of imide groups is 1. The zero-order valence-corrected chi connectivity index (χ0v) is 15.8. The van der Waals surface area contributed by atoms with Crippen molar-refractivity contribution in [2.24, 2.45) is 11.7 Å². The highest BCUT2D eigenvalue weighted by Gasteiger charge is 2.34. The van der Waals surface area contributed by atoms with Gasteiger partial charge in [-0.3, -0.25) is 14.9 Å². The van der Waals surface area contributed by atoms with Gasteiger partial charge < -0.3 is 15.7 Å². The van der Waals surface area contributed by atoms with Crippen molar-refractivity contribution in [2.45, 2.75) is 58.7 Å². The largest absolute Gasteiger partial charge is 0.480 e. The Morgan fingerprint density at radius 2 is 1.69 bits per heavy atom. The van der Waals surface area contributed by atoms with Gasteiger partial charge in [0.1, 0.15) is 12.1 Å². The van der Waals surface area contributed by atoms with Gasteiger partial charge in [-0.15, -0.1) is 0 Å². The molecule has 0 heterocycles. The summed E-state index contributed by atoms with van der Waals surface area (Å²) in [5, 5.41) is 11.9. The fourth-order valence-electron chi connectivity index (χ4n) is 2.67. The number of aliphatic carboxylic acids is 1. The monoisotopic (exact) mass is 363 g/mol. The van der Waals surface area contributed by atoms with Gasteiger partial charge in [-0.05, 0) is 37.8 Å². The van der Waals surface area contributed by atoms with Gasteiger partial charge in [-0.25, -0.2) is 4.79 Å². The number of para-hydroxylation sites is 1. The molecule has 2 amide bonds. The Kier molecular flexibility index (Phi) is 8.25. The second kappa shape index (κ2) is 9.91. The van der Waals surface area contributed by atoms with Crippen LogP contribution >= 0.6 is 0 Å². The van der Waals surface area contributed by atoms with E-state index in [1.54, 1.807) is 36.1 Å². The molecular formula is C19H29N3O4. The van der Waals surface area contributed by atoms with E-state index in [-0.39, 0.29) is 5.92 Å². The van der Waals surface area contributed by atoms with Gasteiger partial charge in [0, 0.05) is 5.69 Å². The molecule has 0 aromatic heterocycles. The lowest BCUT2D eigenvalue weighted by Crippen LogP contribution is -2.56. The number of benzene rings is 1. The molecule has 1 rings (SSSR count). The number of carbonyl (C=O) groups excluding carboxylic acids is 2. The first kappa shape index (κ1) is 21.6. The SMILES string of the molecule is CC[C@@H](N)C(=O)NC(=O)[C@H](CC(C)C)N(c1ccccc1)[C@@H](C)C(=O)O. The maximum Gasteiger partial charge on any atom is 0.326 e. The Balaban J connectivity index is 3.24. The molecule has 7 nitrogen and oxygen atoms in total. The number of rotatable bonds is 9. The van der Waals surface area contributed by atoms with Crippen LogP contribution in [0.15, 0.2) is 30.3 Å². The lowest BCUT2D eigenvalue weighted by Gasteiger charge is -2.36. The minimum absolute atomic E-state index is 0.118. The van der Waals surface area contributed by atoms with Crippen LogP contribution in [0.2, 0.25) is 0 Å². The van der Waals surface area contributed by atoms with E-state index in [1.165, 1.54) is 6.92 Å². The maximum absolute atomic E-state index is 12.8. The van der Waals surface area contributed by atoms with Crippen molar-refractivity contribution in [3.63, 3.8) is 0 Å². The molecule has 4 N–H and O–H groups in total. The molecule has 0 radical (unpaired) electrons.